The van der Waals surface area contributed by atoms with Crippen molar-refractivity contribution in [1.82, 2.24) is 10.2 Å². The van der Waals surface area contributed by atoms with E-state index in [4.69, 9.17) is 5.11 Å². The van der Waals surface area contributed by atoms with E-state index < -0.39 is 5.97 Å². The van der Waals surface area contributed by atoms with Crippen molar-refractivity contribution in [3.05, 3.63) is 21.9 Å². The number of aryl methyl sites for hydroxylation is 1. The Hall–Kier alpha value is -1.11. The summed E-state index contributed by atoms with van der Waals surface area (Å²) in [7, 11) is 0. The number of thiophene rings is 1. The monoisotopic (exact) mass is 318 g/mol. The molecule has 0 bridgehead atoms. The highest BCUT2D eigenvalue weighted by Crippen LogP contribution is 2.16. The fourth-order valence-electron chi connectivity index (χ4n) is 2.20. The van der Waals surface area contributed by atoms with Crippen molar-refractivity contribution < 1.29 is 14.7 Å². The van der Waals surface area contributed by atoms with Crippen LogP contribution in [-0.2, 0) is 16.1 Å². The van der Waals surface area contributed by atoms with Gasteiger partial charge in [0, 0.05) is 11.4 Å². The Bertz CT molecular complexity index is 478. The molecular weight excluding hydrogens is 300 g/mol. The molecule has 0 saturated carbocycles. The van der Waals surface area contributed by atoms with E-state index in [1.807, 2.05) is 23.3 Å². The molecule has 0 spiro atoms. The number of likely N-dealkylation sites (tertiary alicyclic amines) is 1. The molecule has 1 aromatic heterocycles. The van der Waals surface area contributed by atoms with Gasteiger partial charge in [-0.25, -0.2) is 0 Å². The van der Waals surface area contributed by atoms with Gasteiger partial charge < -0.3 is 10.4 Å². The Balaban J connectivity index is 0.00000200. The number of rotatable bonds is 5. The molecule has 0 aromatic carbocycles. The van der Waals surface area contributed by atoms with Crippen molar-refractivity contribution in [1.29, 1.82) is 0 Å². The third-order valence-electron chi connectivity index (χ3n) is 3.40. The summed E-state index contributed by atoms with van der Waals surface area (Å²) >= 11 is 1.63. The number of nitrogens with zero attached hydrogens (tertiary/aromatic N) is 1. The number of hydrogen-bond donors (Lipinski definition) is 2. The molecule has 1 atom stereocenters. The van der Waals surface area contributed by atoms with Crippen LogP contribution in [0.25, 0.3) is 0 Å². The van der Waals surface area contributed by atoms with Crippen LogP contribution in [0.15, 0.2) is 11.4 Å². The van der Waals surface area contributed by atoms with Gasteiger partial charge in [0.25, 0.3) is 0 Å². The smallest absolute Gasteiger partial charge is 0.307 e. The van der Waals surface area contributed by atoms with Crippen LogP contribution in [0.4, 0.5) is 0 Å². The summed E-state index contributed by atoms with van der Waals surface area (Å²) in [6, 6.07) is 2.03. The highest BCUT2D eigenvalue weighted by Gasteiger charge is 2.28. The second-order valence-electron chi connectivity index (χ2n) is 4.86. The SMILES string of the molecule is Cc1ccsc1CNC(=O)CN1CCC(C(=O)O)C1.Cl. The van der Waals surface area contributed by atoms with Crippen LogP contribution in [0.3, 0.4) is 0 Å². The first-order chi connectivity index (χ1) is 9.06. The van der Waals surface area contributed by atoms with Crippen LogP contribution in [0.5, 0.6) is 0 Å². The first-order valence-corrected chi connectivity index (χ1v) is 7.19. The fraction of sp³-hybridized carbons (Fsp3) is 0.538. The minimum absolute atomic E-state index is 0. The van der Waals surface area contributed by atoms with E-state index in [0.29, 0.717) is 26.1 Å². The number of carbonyl (C=O) groups excluding carboxylic acids is 1. The molecule has 0 aliphatic carbocycles. The van der Waals surface area contributed by atoms with Gasteiger partial charge in [0.05, 0.1) is 19.0 Å². The first-order valence-electron chi connectivity index (χ1n) is 6.31. The zero-order chi connectivity index (χ0) is 13.8. The Kier molecular flexibility index (Phi) is 6.45. The molecule has 1 aromatic rings. The number of nitrogens with one attached hydrogen (secondary N) is 1. The van der Waals surface area contributed by atoms with E-state index in [1.54, 1.807) is 11.3 Å². The van der Waals surface area contributed by atoms with Gasteiger partial charge in [-0.2, -0.15) is 0 Å². The maximum absolute atomic E-state index is 11.8. The Morgan fingerprint density at radius 1 is 1.55 bits per heavy atom. The third kappa shape index (κ3) is 4.47. The maximum Gasteiger partial charge on any atom is 0.307 e. The molecule has 112 valence electrons. The molecule has 7 heteroatoms. The van der Waals surface area contributed by atoms with Crippen molar-refractivity contribution in [3.63, 3.8) is 0 Å². The molecular formula is C13H19ClN2O3S. The lowest BCUT2D eigenvalue weighted by atomic mass is 10.1. The van der Waals surface area contributed by atoms with Crippen LogP contribution in [0.2, 0.25) is 0 Å². The molecule has 5 nitrogen and oxygen atoms in total. The quantitative estimate of drug-likeness (QED) is 0.863. The van der Waals surface area contributed by atoms with Crippen LogP contribution in [-0.4, -0.2) is 41.5 Å². The highest BCUT2D eigenvalue weighted by atomic mass is 35.5. The van der Waals surface area contributed by atoms with E-state index >= 15 is 0 Å². The van der Waals surface area contributed by atoms with Crippen molar-refractivity contribution in [3.8, 4) is 0 Å². The van der Waals surface area contributed by atoms with Gasteiger partial charge in [-0.15, -0.1) is 23.7 Å². The minimum atomic E-state index is -0.767. The van der Waals surface area contributed by atoms with E-state index in [1.165, 1.54) is 5.56 Å². The van der Waals surface area contributed by atoms with Gasteiger partial charge in [0.1, 0.15) is 0 Å². The normalized spacial score (nSPS) is 18.6. The maximum atomic E-state index is 11.8. The lowest BCUT2D eigenvalue weighted by molar-refractivity contribution is -0.141. The van der Waals surface area contributed by atoms with Gasteiger partial charge in [0.15, 0.2) is 0 Å². The van der Waals surface area contributed by atoms with Crippen molar-refractivity contribution in [2.24, 2.45) is 5.92 Å². The number of carboxylic acids is 1. The molecule has 2 rings (SSSR count). The Labute approximate surface area is 128 Å². The molecule has 20 heavy (non-hydrogen) atoms. The van der Waals surface area contributed by atoms with E-state index in [2.05, 4.69) is 5.32 Å². The number of carboxylic acid groups (broad SMARTS) is 1. The number of aliphatic carboxylic acids is 1. The number of hydrogen-bond acceptors (Lipinski definition) is 4. The van der Waals surface area contributed by atoms with Crippen LogP contribution >= 0.6 is 23.7 Å². The average molecular weight is 319 g/mol. The number of amides is 1. The summed E-state index contributed by atoms with van der Waals surface area (Å²) in [6.07, 6.45) is 0.632. The van der Waals surface area contributed by atoms with Crippen molar-refractivity contribution >= 4 is 35.6 Å². The van der Waals surface area contributed by atoms with Gasteiger partial charge in [-0.3, -0.25) is 14.5 Å². The molecule has 1 aliphatic rings. The van der Waals surface area contributed by atoms with Gasteiger partial charge in [-0.1, -0.05) is 0 Å². The molecule has 1 amide bonds. The minimum Gasteiger partial charge on any atom is -0.481 e. The average Bonchev–Trinajstić information content (AvgIpc) is 2.96. The molecule has 1 fully saturated rings. The Morgan fingerprint density at radius 3 is 2.85 bits per heavy atom. The lowest BCUT2D eigenvalue weighted by Crippen LogP contribution is -2.36. The molecule has 0 radical (unpaired) electrons. The number of carbonyl (C=O) groups is 2. The third-order valence-corrected chi connectivity index (χ3v) is 4.43. The van der Waals surface area contributed by atoms with Crippen molar-refractivity contribution in [2.45, 2.75) is 19.9 Å². The molecule has 1 aliphatic heterocycles. The molecule has 1 saturated heterocycles. The first kappa shape index (κ1) is 16.9. The Morgan fingerprint density at radius 2 is 2.30 bits per heavy atom. The molecule has 2 N–H and O–H groups in total. The summed E-state index contributed by atoms with van der Waals surface area (Å²) in [6.45, 7) is 4.02. The fourth-order valence-corrected chi connectivity index (χ4v) is 3.05. The van der Waals surface area contributed by atoms with Crippen LogP contribution in [0.1, 0.15) is 16.9 Å². The van der Waals surface area contributed by atoms with E-state index in [0.717, 1.165) is 4.88 Å². The van der Waals surface area contributed by atoms with E-state index in [-0.39, 0.29) is 30.8 Å². The summed E-state index contributed by atoms with van der Waals surface area (Å²) in [5, 5.41) is 13.8. The molecule has 2 heterocycles. The molecule has 1 unspecified atom stereocenters. The predicted molar refractivity (Wildman–Crippen MR) is 80.3 cm³/mol. The topological polar surface area (TPSA) is 69.6 Å². The zero-order valence-corrected chi connectivity index (χ0v) is 12.9. The lowest BCUT2D eigenvalue weighted by Gasteiger charge is -2.14. The summed E-state index contributed by atoms with van der Waals surface area (Å²) in [4.78, 5) is 25.7. The summed E-state index contributed by atoms with van der Waals surface area (Å²) < 4.78 is 0. The van der Waals surface area contributed by atoms with Gasteiger partial charge >= 0.3 is 5.97 Å². The second kappa shape index (κ2) is 7.61. The summed E-state index contributed by atoms with van der Waals surface area (Å²) in [5.41, 5.74) is 1.19. The highest BCUT2D eigenvalue weighted by molar-refractivity contribution is 7.10. The largest absolute Gasteiger partial charge is 0.481 e. The standard InChI is InChI=1S/C13H18N2O3S.ClH/c1-9-3-5-19-11(9)6-14-12(16)8-15-4-2-10(7-15)13(17)18;/h3,5,10H,2,4,6-8H2,1H3,(H,14,16)(H,17,18);1H. The predicted octanol–water partition coefficient (Wildman–Crippen LogP) is 1.50. The van der Waals surface area contributed by atoms with Gasteiger partial charge in [0.2, 0.25) is 5.91 Å². The zero-order valence-electron chi connectivity index (χ0n) is 11.3. The van der Waals surface area contributed by atoms with E-state index in [9.17, 15) is 9.59 Å². The van der Waals surface area contributed by atoms with Crippen LogP contribution in [0, 0.1) is 12.8 Å². The number of halogens is 1. The van der Waals surface area contributed by atoms with Crippen LogP contribution < -0.4 is 5.32 Å². The van der Waals surface area contributed by atoms with Crippen molar-refractivity contribution in [2.75, 3.05) is 19.6 Å². The second-order valence-corrected chi connectivity index (χ2v) is 5.86. The van der Waals surface area contributed by atoms with Gasteiger partial charge in [-0.05, 0) is 36.9 Å². The summed E-state index contributed by atoms with van der Waals surface area (Å²) in [5.74, 6) is -1.14.